The molecule has 3 N–H and O–H groups in total. The van der Waals surface area contributed by atoms with Crippen molar-refractivity contribution >= 4 is 45.6 Å². The highest BCUT2D eigenvalue weighted by atomic mass is 35.5. The van der Waals surface area contributed by atoms with Crippen molar-refractivity contribution in [2.45, 2.75) is 19.4 Å². The van der Waals surface area contributed by atoms with Crippen molar-refractivity contribution in [2.75, 3.05) is 5.32 Å². The van der Waals surface area contributed by atoms with Gasteiger partial charge in [0.25, 0.3) is 0 Å². The second-order valence-electron chi connectivity index (χ2n) is 4.21. The van der Waals surface area contributed by atoms with Gasteiger partial charge in [-0.15, -0.1) is 23.7 Å². The first kappa shape index (κ1) is 13.9. The number of carbonyl (C=O) groups is 1. The summed E-state index contributed by atoms with van der Waals surface area (Å²) >= 11 is 1.54. The number of nitrogens with one attached hydrogen (secondary N) is 1. The topological polar surface area (TPSA) is 68.0 Å². The highest BCUT2D eigenvalue weighted by Gasteiger charge is 2.21. The van der Waals surface area contributed by atoms with Crippen molar-refractivity contribution < 1.29 is 4.79 Å². The Hall–Kier alpha value is -1.17. The Bertz CT molecular complexity index is 533. The minimum Gasteiger partial charge on any atom is -0.324 e. The second-order valence-corrected chi connectivity index (χ2v) is 5.10. The Kier molecular flexibility index (Phi) is 4.08. The van der Waals surface area contributed by atoms with E-state index in [2.05, 4.69) is 10.3 Å². The van der Waals surface area contributed by atoms with E-state index < -0.39 is 5.54 Å². The smallest absolute Gasteiger partial charge is 0.243 e. The number of anilines is 1. The Balaban J connectivity index is 0.00000144. The SMILES string of the molecule is CC(C)(N)C(=O)Nc1ccc2ncsc2c1.Cl. The van der Waals surface area contributed by atoms with Gasteiger partial charge in [-0.1, -0.05) is 0 Å². The van der Waals surface area contributed by atoms with Crippen molar-refractivity contribution in [3.63, 3.8) is 0 Å². The Morgan fingerprint density at radius 1 is 1.47 bits per heavy atom. The zero-order valence-corrected chi connectivity index (χ0v) is 11.2. The molecule has 0 spiro atoms. The molecule has 0 radical (unpaired) electrons. The Labute approximate surface area is 110 Å². The standard InChI is InChI=1S/C11H13N3OS.ClH/c1-11(2,12)10(15)14-7-3-4-8-9(5-7)16-6-13-8;/h3-6H,12H2,1-2H3,(H,14,15);1H. The van der Waals surface area contributed by atoms with Crippen LogP contribution >= 0.6 is 23.7 Å². The van der Waals surface area contributed by atoms with Crippen LogP contribution in [0.4, 0.5) is 5.69 Å². The molecule has 0 atom stereocenters. The molecule has 1 aromatic heterocycles. The van der Waals surface area contributed by atoms with Crippen LogP contribution in [0.5, 0.6) is 0 Å². The predicted octanol–water partition coefficient (Wildman–Crippen LogP) is 2.39. The number of aromatic nitrogens is 1. The normalized spacial score (nSPS) is 11.0. The largest absolute Gasteiger partial charge is 0.324 e. The van der Waals surface area contributed by atoms with Crippen molar-refractivity contribution in [2.24, 2.45) is 5.73 Å². The van der Waals surface area contributed by atoms with E-state index >= 15 is 0 Å². The van der Waals surface area contributed by atoms with Crippen LogP contribution in [0.3, 0.4) is 0 Å². The summed E-state index contributed by atoms with van der Waals surface area (Å²) in [6.45, 7) is 3.35. The predicted molar refractivity (Wildman–Crippen MR) is 73.8 cm³/mol. The van der Waals surface area contributed by atoms with Crippen molar-refractivity contribution in [1.29, 1.82) is 0 Å². The van der Waals surface area contributed by atoms with Gasteiger partial charge >= 0.3 is 0 Å². The number of carbonyl (C=O) groups excluding carboxylic acids is 1. The van der Waals surface area contributed by atoms with Gasteiger partial charge in [0.2, 0.25) is 5.91 Å². The number of hydrogen-bond donors (Lipinski definition) is 2. The highest BCUT2D eigenvalue weighted by molar-refractivity contribution is 7.16. The quantitative estimate of drug-likeness (QED) is 0.881. The van der Waals surface area contributed by atoms with Crippen LogP contribution in [0.1, 0.15) is 13.8 Å². The van der Waals surface area contributed by atoms with E-state index in [1.165, 1.54) is 0 Å². The van der Waals surface area contributed by atoms with Crippen molar-refractivity contribution in [3.8, 4) is 0 Å². The van der Waals surface area contributed by atoms with E-state index in [0.29, 0.717) is 0 Å². The molecule has 1 aromatic carbocycles. The van der Waals surface area contributed by atoms with Gasteiger partial charge in [-0.3, -0.25) is 4.79 Å². The maximum Gasteiger partial charge on any atom is 0.243 e. The Morgan fingerprint density at radius 2 is 2.18 bits per heavy atom. The van der Waals surface area contributed by atoms with Crippen LogP contribution in [-0.2, 0) is 4.79 Å². The average Bonchev–Trinajstić information content (AvgIpc) is 2.63. The molecule has 0 fully saturated rings. The van der Waals surface area contributed by atoms with E-state index in [1.807, 2.05) is 18.2 Å². The molecule has 0 aliphatic rings. The van der Waals surface area contributed by atoms with Crippen molar-refractivity contribution in [3.05, 3.63) is 23.7 Å². The molecule has 2 rings (SSSR count). The summed E-state index contributed by atoms with van der Waals surface area (Å²) in [4.78, 5) is 15.8. The third-order valence-electron chi connectivity index (χ3n) is 2.17. The van der Waals surface area contributed by atoms with Gasteiger partial charge in [-0.25, -0.2) is 4.98 Å². The fourth-order valence-corrected chi connectivity index (χ4v) is 1.94. The highest BCUT2D eigenvalue weighted by Crippen LogP contribution is 2.22. The summed E-state index contributed by atoms with van der Waals surface area (Å²) in [5.41, 5.74) is 8.30. The van der Waals surface area contributed by atoms with Crippen LogP contribution in [0, 0.1) is 0 Å². The van der Waals surface area contributed by atoms with Gasteiger partial charge < -0.3 is 11.1 Å². The number of halogens is 1. The monoisotopic (exact) mass is 271 g/mol. The molecule has 2 aromatic rings. The fourth-order valence-electron chi connectivity index (χ4n) is 1.23. The van der Waals surface area contributed by atoms with Crippen LogP contribution in [0.15, 0.2) is 23.7 Å². The van der Waals surface area contributed by atoms with Crippen LogP contribution in [-0.4, -0.2) is 16.4 Å². The molecule has 0 bridgehead atoms. The molecular formula is C11H14ClN3OS. The number of benzene rings is 1. The van der Waals surface area contributed by atoms with Gasteiger partial charge in [0.05, 0.1) is 21.3 Å². The van der Waals surface area contributed by atoms with Crippen LogP contribution < -0.4 is 11.1 Å². The summed E-state index contributed by atoms with van der Waals surface area (Å²) in [7, 11) is 0. The molecule has 17 heavy (non-hydrogen) atoms. The second kappa shape index (κ2) is 5.00. The molecule has 0 aliphatic carbocycles. The minimum atomic E-state index is -0.872. The zero-order chi connectivity index (χ0) is 11.8. The third-order valence-corrected chi connectivity index (χ3v) is 2.97. The summed E-state index contributed by atoms with van der Waals surface area (Å²) in [5, 5.41) is 2.78. The van der Waals surface area contributed by atoms with E-state index in [4.69, 9.17) is 5.73 Å². The number of fused-ring (bicyclic) bond motifs is 1. The maximum absolute atomic E-state index is 11.7. The third kappa shape index (κ3) is 3.15. The lowest BCUT2D eigenvalue weighted by Crippen LogP contribution is -2.45. The summed E-state index contributed by atoms with van der Waals surface area (Å²) in [5.74, 6) is -0.198. The molecule has 0 saturated heterocycles. The number of rotatable bonds is 2. The summed E-state index contributed by atoms with van der Waals surface area (Å²) in [6, 6.07) is 5.60. The molecule has 1 amide bonds. The lowest BCUT2D eigenvalue weighted by Gasteiger charge is -2.17. The summed E-state index contributed by atoms with van der Waals surface area (Å²) in [6.07, 6.45) is 0. The summed E-state index contributed by atoms with van der Waals surface area (Å²) < 4.78 is 1.05. The van der Waals surface area contributed by atoms with Gasteiger partial charge in [-0.2, -0.15) is 0 Å². The minimum absolute atomic E-state index is 0. The molecule has 6 heteroatoms. The molecule has 92 valence electrons. The number of nitrogens with zero attached hydrogens (tertiary/aromatic N) is 1. The lowest BCUT2D eigenvalue weighted by molar-refractivity contribution is -0.120. The molecule has 0 saturated carbocycles. The lowest BCUT2D eigenvalue weighted by atomic mass is 10.1. The number of amides is 1. The molecule has 4 nitrogen and oxygen atoms in total. The molecule has 0 aliphatic heterocycles. The number of hydrogen-bond acceptors (Lipinski definition) is 4. The fraction of sp³-hybridized carbons (Fsp3) is 0.273. The first-order chi connectivity index (χ1) is 7.47. The molecule has 1 heterocycles. The first-order valence-corrected chi connectivity index (χ1v) is 5.78. The maximum atomic E-state index is 11.7. The van der Waals surface area contributed by atoms with Gasteiger partial charge in [0, 0.05) is 5.69 Å². The number of thiazole rings is 1. The van der Waals surface area contributed by atoms with Gasteiger partial charge in [0.15, 0.2) is 0 Å². The van der Waals surface area contributed by atoms with E-state index in [0.717, 1.165) is 15.9 Å². The molecular weight excluding hydrogens is 258 g/mol. The Morgan fingerprint density at radius 3 is 2.82 bits per heavy atom. The average molecular weight is 272 g/mol. The first-order valence-electron chi connectivity index (χ1n) is 4.90. The molecule has 0 unspecified atom stereocenters. The zero-order valence-electron chi connectivity index (χ0n) is 9.56. The van der Waals surface area contributed by atoms with Crippen LogP contribution in [0.25, 0.3) is 10.2 Å². The van der Waals surface area contributed by atoms with E-state index in [-0.39, 0.29) is 18.3 Å². The van der Waals surface area contributed by atoms with E-state index in [9.17, 15) is 4.79 Å². The van der Waals surface area contributed by atoms with E-state index in [1.54, 1.807) is 30.7 Å². The van der Waals surface area contributed by atoms with Gasteiger partial charge in [0.1, 0.15) is 0 Å². The van der Waals surface area contributed by atoms with Crippen LogP contribution in [0.2, 0.25) is 0 Å². The van der Waals surface area contributed by atoms with Gasteiger partial charge in [-0.05, 0) is 32.0 Å². The number of nitrogens with two attached hydrogens (primary N) is 1. The van der Waals surface area contributed by atoms with Crippen molar-refractivity contribution in [1.82, 2.24) is 4.98 Å².